The summed E-state index contributed by atoms with van der Waals surface area (Å²) in [6, 6.07) is 11.8. The molecule has 1 aliphatic heterocycles. The number of para-hydroxylation sites is 1. The van der Waals surface area contributed by atoms with Crippen LogP contribution in [-0.4, -0.2) is 35.3 Å². The number of carbonyl (C=O) groups excluding carboxylic acids is 2. The number of nitrogens with zero attached hydrogens (tertiary/aromatic N) is 2. The number of amides is 1. The zero-order valence-electron chi connectivity index (χ0n) is 15.2. The van der Waals surface area contributed by atoms with Crippen molar-refractivity contribution in [1.82, 2.24) is 4.98 Å². The molecule has 2 aromatic heterocycles. The molecule has 1 unspecified atom stereocenters. The standard InChI is InChI=1S/C20H18N2O3S3/c1-13-8-9-22(15-5-2-3-6-16(15)28-13)18(23)11-25-20(24)14-12-27-19(21-14)17-7-4-10-26-17/h2-7,10,12-13H,8-9,11H2,1H3. The summed E-state index contributed by atoms with van der Waals surface area (Å²) in [6.45, 7) is 2.47. The summed E-state index contributed by atoms with van der Waals surface area (Å²) in [5.74, 6) is -0.789. The lowest BCUT2D eigenvalue weighted by Crippen LogP contribution is -2.35. The SMILES string of the molecule is CC1CCN(C(=O)COC(=O)c2csc(-c3cccs3)n2)c2ccccc2S1. The van der Waals surface area contributed by atoms with Crippen molar-refractivity contribution < 1.29 is 14.3 Å². The van der Waals surface area contributed by atoms with Crippen LogP contribution in [0.25, 0.3) is 9.88 Å². The third kappa shape index (κ3) is 4.14. The third-order valence-corrected chi connectivity index (χ3v) is 7.44. The summed E-state index contributed by atoms with van der Waals surface area (Å²) in [7, 11) is 0. The number of aromatic nitrogens is 1. The molecule has 3 heterocycles. The minimum Gasteiger partial charge on any atom is -0.451 e. The maximum Gasteiger partial charge on any atom is 0.358 e. The second-order valence-electron chi connectivity index (χ2n) is 6.32. The predicted molar refractivity (Wildman–Crippen MR) is 114 cm³/mol. The summed E-state index contributed by atoms with van der Waals surface area (Å²) < 4.78 is 5.27. The van der Waals surface area contributed by atoms with Gasteiger partial charge in [-0.05, 0) is 30.0 Å². The second kappa shape index (κ2) is 8.46. The van der Waals surface area contributed by atoms with Gasteiger partial charge in [0.05, 0.1) is 10.6 Å². The number of thioether (sulfide) groups is 1. The van der Waals surface area contributed by atoms with Crippen LogP contribution in [0.5, 0.6) is 0 Å². The Balaban J connectivity index is 1.42. The molecule has 0 saturated carbocycles. The number of hydrogen-bond donors (Lipinski definition) is 0. The number of rotatable bonds is 4. The lowest BCUT2D eigenvalue weighted by Gasteiger charge is -2.22. The highest BCUT2D eigenvalue weighted by Crippen LogP contribution is 2.37. The Morgan fingerprint density at radius 3 is 2.89 bits per heavy atom. The van der Waals surface area contributed by atoms with Crippen molar-refractivity contribution in [3.8, 4) is 9.88 Å². The van der Waals surface area contributed by atoms with Crippen LogP contribution < -0.4 is 4.90 Å². The summed E-state index contributed by atoms with van der Waals surface area (Å²) >= 11 is 4.73. The Morgan fingerprint density at radius 2 is 2.07 bits per heavy atom. The summed E-state index contributed by atoms with van der Waals surface area (Å²) in [5, 5.41) is 4.83. The number of anilines is 1. The molecule has 0 saturated heterocycles. The van der Waals surface area contributed by atoms with Crippen molar-refractivity contribution in [3.05, 3.63) is 52.9 Å². The molecule has 4 rings (SSSR count). The Hall–Kier alpha value is -2.16. The molecular formula is C20H18N2O3S3. The molecule has 1 atom stereocenters. The van der Waals surface area contributed by atoms with E-state index in [0.717, 1.165) is 26.9 Å². The van der Waals surface area contributed by atoms with Crippen molar-refractivity contribution in [3.63, 3.8) is 0 Å². The number of thiophene rings is 1. The lowest BCUT2D eigenvalue weighted by atomic mass is 10.2. The van der Waals surface area contributed by atoms with Gasteiger partial charge in [0, 0.05) is 22.1 Å². The summed E-state index contributed by atoms with van der Waals surface area (Å²) in [5.41, 5.74) is 1.12. The van der Waals surface area contributed by atoms with E-state index in [1.165, 1.54) is 11.3 Å². The lowest BCUT2D eigenvalue weighted by molar-refractivity contribution is -0.121. The van der Waals surface area contributed by atoms with Crippen LogP contribution in [0.1, 0.15) is 23.8 Å². The highest BCUT2D eigenvalue weighted by molar-refractivity contribution is 8.00. The van der Waals surface area contributed by atoms with Gasteiger partial charge in [-0.3, -0.25) is 4.79 Å². The molecule has 0 N–H and O–H groups in total. The van der Waals surface area contributed by atoms with E-state index in [4.69, 9.17) is 4.74 Å². The first-order chi connectivity index (χ1) is 13.6. The summed E-state index contributed by atoms with van der Waals surface area (Å²) in [6.07, 6.45) is 0.884. The Bertz CT molecular complexity index is 984. The first-order valence-corrected chi connectivity index (χ1v) is 11.5. The van der Waals surface area contributed by atoms with E-state index in [1.807, 2.05) is 41.8 Å². The van der Waals surface area contributed by atoms with Gasteiger partial charge in [-0.15, -0.1) is 34.4 Å². The molecule has 0 fully saturated rings. The molecule has 144 valence electrons. The zero-order chi connectivity index (χ0) is 19.5. The van der Waals surface area contributed by atoms with Gasteiger partial charge in [0.25, 0.3) is 5.91 Å². The minimum atomic E-state index is -0.571. The van der Waals surface area contributed by atoms with Crippen LogP contribution >= 0.6 is 34.4 Å². The molecule has 3 aromatic rings. The molecule has 5 nitrogen and oxygen atoms in total. The molecule has 0 spiro atoms. The Morgan fingerprint density at radius 1 is 1.21 bits per heavy atom. The fourth-order valence-corrected chi connectivity index (χ4v) is 5.62. The van der Waals surface area contributed by atoms with E-state index in [1.54, 1.807) is 33.4 Å². The number of ether oxygens (including phenoxy) is 1. The van der Waals surface area contributed by atoms with Crippen LogP contribution in [-0.2, 0) is 9.53 Å². The number of thiazole rings is 1. The van der Waals surface area contributed by atoms with E-state index in [9.17, 15) is 9.59 Å². The second-order valence-corrected chi connectivity index (χ2v) is 9.61. The van der Waals surface area contributed by atoms with E-state index >= 15 is 0 Å². The van der Waals surface area contributed by atoms with Crippen molar-refractivity contribution in [1.29, 1.82) is 0 Å². The number of fused-ring (bicyclic) bond motifs is 1. The molecule has 28 heavy (non-hydrogen) atoms. The van der Waals surface area contributed by atoms with Gasteiger partial charge in [-0.2, -0.15) is 0 Å². The number of esters is 1. The predicted octanol–water partition coefficient (Wildman–Crippen LogP) is 4.95. The van der Waals surface area contributed by atoms with Gasteiger partial charge in [0.15, 0.2) is 12.3 Å². The van der Waals surface area contributed by atoms with E-state index in [2.05, 4.69) is 11.9 Å². The molecular weight excluding hydrogens is 412 g/mol. The van der Waals surface area contributed by atoms with Crippen molar-refractivity contribution >= 4 is 52.0 Å². The van der Waals surface area contributed by atoms with Gasteiger partial charge in [-0.1, -0.05) is 25.1 Å². The van der Waals surface area contributed by atoms with E-state index < -0.39 is 5.97 Å². The normalized spacial score (nSPS) is 16.3. The molecule has 8 heteroatoms. The van der Waals surface area contributed by atoms with E-state index in [-0.39, 0.29) is 18.2 Å². The molecule has 0 bridgehead atoms. The van der Waals surface area contributed by atoms with Gasteiger partial charge in [-0.25, -0.2) is 9.78 Å². The zero-order valence-corrected chi connectivity index (χ0v) is 17.6. The van der Waals surface area contributed by atoms with Gasteiger partial charge in [0.2, 0.25) is 0 Å². The minimum absolute atomic E-state index is 0.218. The fourth-order valence-electron chi connectivity index (χ4n) is 2.91. The van der Waals surface area contributed by atoms with Crippen LogP contribution in [0.3, 0.4) is 0 Å². The summed E-state index contributed by atoms with van der Waals surface area (Å²) in [4.78, 5) is 33.2. The number of hydrogen-bond acceptors (Lipinski definition) is 7. The smallest absolute Gasteiger partial charge is 0.358 e. The third-order valence-electron chi connectivity index (χ3n) is 4.32. The topological polar surface area (TPSA) is 59.5 Å². The molecule has 0 aliphatic carbocycles. The molecule has 1 aromatic carbocycles. The maximum atomic E-state index is 12.8. The maximum absolute atomic E-state index is 12.8. The molecule has 1 amide bonds. The fraction of sp³-hybridized carbons (Fsp3) is 0.250. The first kappa shape index (κ1) is 19.2. The van der Waals surface area contributed by atoms with Gasteiger partial charge >= 0.3 is 5.97 Å². The van der Waals surface area contributed by atoms with Gasteiger partial charge < -0.3 is 9.64 Å². The first-order valence-electron chi connectivity index (χ1n) is 8.84. The van der Waals surface area contributed by atoms with Gasteiger partial charge in [0.1, 0.15) is 5.01 Å². The van der Waals surface area contributed by atoms with Crippen molar-refractivity contribution in [2.45, 2.75) is 23.5 Å². The van der Waals surface area contributed by atoms with Crippen LogP contribution in [0, 0.1) is 0 Å². The monoisotopic (exact) mass is 430 g/mol. The highest BCUT2D eigenvalue weighted by atomic mass is 32.2. The van der Waals surface area contributed by atoms with E-state index in [0.29, 0.717) is 11.8 Å². The highest BCUT2D eigenvalue weighted by Gasteiger charge is 2.25. The molecule has 0 radical (unpaired) electrons. The number of carbonyl (C=O) groups is 2. The Kier molecular flexibility index (Phi) is 5.79. The van der Waals surface area contributed by atoms with Crippen LogP contribution in [0.4, 0.5) is 5.69 Å². The molecule has 1 aliphatic rings. The van der Waals surface area contributed by atoms with Crippen molar-refractivity contribution in [2.24, 2.45) is 0 Å². The van der Waals surface area contributed by atoms with Crippen molar-refractivity contribution in [2.75, 3.05) is 18.1 Å². The number of benzene rings is 1. The Labute approximate surface area is 175 Å². The quantitative estimate of drug-likeness (QED) is 0.549. The average Bonchev–Trinajstić information content (AvgIpc) is 3.36. The largest absolute Gasteiger partial charge is 0.451 e. The van der Waals surface area contributed by atoms with Crippen LogP contribution in [0.15, 0.2) is 52.1 Å². The average molecular weight is 431 g/mol. The van der Waals surface area contributed by atoms with Crippen LogP contribution in [0.2, 0.25) is 0 Å².